The highest BCUT2D eigenvalue weighted by Crippen LogP contribution is 2.35. The van der Waals surface area contributed by atoms with Crippen molar-refractivity contribution in [3.05, 3.63) is 37.9 Å². The summed E-state index contributed by atoms with van der Waals surface area (Å²) in [5, 5.41) is 20.0. The van der Waals surface area contributed by atoms with Crippen molar-refractivity contribution in [3.8, 4) is 6.07 Å². The molecule has 0 fully saturated rings. The third-order valence-electron chi connectivity index (χ3n) is 3.37. The highest BCUT2D eigenvalue weighted by Gasteiger charge is 2.22. The first-order valence-electron chi connectivity index (χ1n) is 6.30. The number of carbonyl (C=O) groups is 1. The van der Waals surface area contributed by atoms with Crippen LogP contribution >= 0.6 is 22.7 Å². The molecule has 6 heteroatoms. The predicted octanol–water partition coefficient (Wildman–Crippen LogP) is 2.89. The zero-order valence-corrected chi connectivity index (χ0v) is 12.6. The molecule has 1 aliphatic rings. The van der Waals surface area contributed by atoms with Crippen LogP contribution < -0.4 is 10.6 Å². The first-order chi connectivity index (χ1) is 9.70. The molecule has 0 saturated heterocycles. The number of carbonyl (C=O) groups excluding carboxylic acids is 1. The highest BCUT2D eigenvalue weighted by molar-refractivity contribution is 7.16. The van der Waals surface area contributed by atoms with Gasteiger partial charge in [0.15, 0.2) is 0 Å². The molecule has 1 amide bonds. The first-order valence-corrected chi connectivity index (χ1v) is 8.06. The van der Waals surface area contributed by atoms with E-state index < -0.39 is 0 Å². The molecule has 2 aromatic rings. The Hall–Kier alpha value is -1.68. The van der Waals surface area contributed by atoms with Gasteiger partial charge in [0.1, 0.15) is 11.1 Å². The first kappa shape index (κ1) is 13.3. The molecule has 20 heavy (non-hydrogen) atoms. The fraction of sp³-hybridized carbons (Fsp3) is 0.286. The van der Waals surface area contributed by atoms with Crippen molar-refractivity contribution in [3.63, 3.8) is 0 Å². The van der Waals surface area contributed by atoms with E-state index in [0.717, 1.165) is 35.5 Å². The lowest BCUT2D eigenvalue weighted by molar-refractivity contribution is 0.102. The van der Waals surface area contributed by atoms with Crippen molar-refractivity contribution < 1.29 is 4.79 Å². The molecule has 4 nitrogen and oxygen atoms in total. The van der Waals surface area contributed by atoms with Gasteiger partial charge in [-0.05, 0) is 36.4 Å². The number of anilines is 1. The van der Waals surface area contributed by atoms with Gasteiger partial charge in [0.05, 0.1) is 11.1 Å². The van der Waals surface area contributed by atoms with Crippen molar-refractivity contribution in [2.45, 2.75) is 19.9 Å². The van der Waals surface area contributed by atoms with Crippen LogP contribution in [-0.2, 0) is 13.0 Å². The third-order valence-corrected chi connectivity index (χ3v) is 5.38. The van der Waals surface area contributed by atoms with Gasteiger partial charge < -0.3 is 10.6 Å². The van der Waals surface area contributed by atoms with E-state index in [1.165, 1.54) is 22.7 Å². The number of thiophene rings is 2. The zero-order valence-electron chi connectivity index (χ0n) is 10.9. The number of amides is 1. The third kappa shape index (κ3) is 2.24. The smallest absolute Gasteiger partial charge is 0.257 e. The fourth-order valence-corrected chi connectivity index (χ4v) is 4.30. The Morgan fingerprint density at radius 3 is 3.05 bits per heavy atom. The number of nitrogens with zero attached hydrogens (tertiary/aromatic N) is 1. The summed E-state index contributed by atoms with van der Waals surface area (Å²) in [7, 11) is 0. The van der Waals surface area contributed by atoms with Gasteiger partial charge in [0.25, 0.3) is 5.91 Å². The maximum absolute atomic E-state index is 12.3. The van der Waals surface area contributed by atoms with Crippen LogP contribution in [0.15, 0.2) is 10.8 Å². The summed E-state index contributed by atoms with van der Waals surface area (Å²) in [6.07, 6.45) is 0.849. The molecule has 102 valence electrons. The molecule has 0 saturated carbocycles. The van der Waals surface area contributed by atoms with Crippen molar-refractivity contribution in [2.75, 3.05) is 11.9 Å². The number of hydrogen-bond donors (Lipinski definition) is 2. The van der Waals surface area contributed by atoms with Crippen LogP contribution in [0.4, 0.5) is 5.00 Å². The molecule has 0 unspecified atom stereocenters. The maximum Gasteiger partial charge on any atom is 0.257 e. The van der Waals surface area contributed by atoms with Gasteiger partial charge in [-0.15, -0.1) is 11.3 Å². The number of nitriles is 1. The molecule has 1 aliphatic heterocycles. The molecule has 0 aromatic carbocycles. The Morgan fingerprint density at radius 2 is 2.35 bits per heavy atom. The van der Waals surface area contributed by atoms with E-state index >= 15 is 0 Å². The van der Waals surface area contributed by atoms with Crippen molar-refractivity contribution in [1.82, 2.24) is 5.32 Å². The monoisotopic (exact) mass is 303 g/mol. The van der Waals surface area contributed by atoms with E-state index in [4.69, 9.17) is 0 Å². The van der Waals surface area contributed by atoms with Crippen LogP contribution in [-0.4, -0.2) is 12.5 Å². The minimum atomic E-state index is -0.133. The normalized spacial score (nSPS) is 13.6. The second-order valence-corrected chi connectivity index (χ2v) is 6.52. The highest BCUT2D eigenvalue weighted by atomic mass is 32.1. The van der Waals surface area contributed by atoms with E-state index in [-0.39, 0.29) is 5.91 Å². The van der Waals surface area contributed by atoms with Gasteiger partial charge in [-0.2, -0.15) is 16.6 Å². The number of aryl methyl sites for hydroxylation is 1. The van der Waals surface area contributed by atoms with Crippen LogP contribution in [0, 0.1) is 18.3 Å². The van der Waals surface area contributed by atoms with Crippen LogP contribution in [0.5, 0.6) is 0 Å². The summed E-state index contributed by atoms with van der Waals surface area (Å²) in [6, 6.07) is 2.24. The minimum Gasteiger partial charge on any atom is -0.312 e. The molecule has 0 atom stereocenters. The van der Waals surface area contributed by atoms with Gasteiger partial charge >= 0.3 is 0 Å². The average molecular weight is 303 g/mol. The molecule has 0 spiro atoms. The van der Waals surface area contributed by atoms with Crippen LogP contribution in [0.3, 0.4) is 0 Å². The van der Waals surface area contributed by atoms with Crippen molar-refractivity contribution in [2.24, 2.45) is 0 Å². The molecule has 2 N–H and O–H groups in total. The quantitative estimate of drug-likeness (QED) is 0.896. The lowest BCUT2D eigenvalue weighted by atomic mass is 10.0. The topological polar surface area (TPSA) is 64.9 Å². The second-order valence-electron chi connectivity index (χ2n) is 4.67. The summed E-state index contributed by atoms with van der Waals surface area (Å²) in [5.41, 5.74) is 3.37. The maximum atomic E-state index is 12.3. The van der Waals surface area contributed by atoms with Crippen molar-refractivity contribution >= 4 is 33.6 Å². The number of fused-ring (bicyclic) bond motifs is 1. The molecule has 3 heterocycles. The lowest BCUT2D eigenvalue weighted by Crippen LogP contribution is -2.22. The van der Waals surface area contributed by atoms with Crippen LogP contribution in [0.1, 0.15) is 31.9 Å². The van der Waals surface area contributed by atoms with Gasteiger partial charge in [-0.3, -0.25) is 4.79 Å². The van der Waals surface area contributed by atoms with Crippen LogP contribution in [0.25, 0.3) is 0 Å². The fourth-order valence-electron chi connectivity index (χ4n) is 2.30. The van der Waals surface area contributed by atoms with E-state index in [0.29, 0.717) is 16.1 Å². The average Bonchev–Trinajstić information content (AvgIpc) is 3.01. The summed E-state index contributed by atoms with van der Waals surface area (Å²) >= 11 is 3.01. The SMILES string of the molecule is Cc1cscc1C(=O)Nc1sc2c(c1C#N)CCNC2. The summed E-state index contributed by atoms with van der Waals surface area (Å²) in [5.74, 6) is -0.133. The Bertz CT molecular complexity index is 709. The van der Waals surface area contributed by atoms with E-state index in [9.17, 15) is 10.1 Å². The Labute approximate surface area is 125 Å². The molecule has 3 rings (SSSR count). The molecule has 0 bridgehead atoms. The predicted molar refractivity (Wildman–Crippen MR) is 81.5 cm³/mol. The molecule has 2 aromatic heterocycles. The molecule has 0 radical (unpaired) electrons. The zero-order chi connectivity index (χ0) is 14.1. The van der Waals surface area contributed by atoms with Gasteiger partial charge in [-0.25, -0.2) is 0 Å². The Kier molecular flexibility index (Phi) is 3.57. The molecule has 0 aliphatic carbocycles. The van der Waals surface area contributed by atoms with Gasteiger partial charge in [0, 0.05) is 16.8 Å². The molecular formula is C14H13N3OS2. The largest absolute Gasteiger partial charge is 0.312 e. The lowest BCUT2D eigenvalue weighted by Gasteiger charge is -2.11. The Morgan fingerprint density at radius 1 is 1.50 bits per heavy atom. The van der Waals surface area contributed by atoms with Crippen LogP contribution in [0.2, 0.25) is 0 Å². The summed E-state index contributed by atoms with van der Waals surface area (Å²) in [4.78, 5) is 13.4. The van der Waals surface area contributed by atoms with E-state index in [1.807, 2.05) is 17.7 Å². The summed E-state index contributed by atoms with van der Waals surface area (Å²) in [6.45, 7) is 3.58. The van der Waals surface area contributed by atoms with Gasteiger partial charge in [-0.1, -0.05) is 0 Å². The molecular weight excluding hydrogens is 290 g/mol. The standard InChI is InChI=1S/C14H13N3OS2/c1-8-6-19-7-11(8)13(18)17-14-10(4-15)9-2-3-16-5-12(9)20-14/h6-7,16H,2-3,5H2,1H3,(H,17,18). The summed E-state index contributed by atoms with van der Waals surface area (Å²) < 4.78 is 0. The van der Waals surface area contributed by atoms with E-state index in [2.05, 4.69) is 16.7 Å². The number of hydrogen-bond acceptors (Lipinski definition) is 5. The minimum absolute atomic E-state index is 0.133. The number of nitrogens with one attached hydrogen (secondary N) is 2. The van der Waals surface area contributed by atoms with E-state index in [1.54, 1.807) is 0 Å². The second kappa shape index (κ2) is 5.37. The number of rotatable bonds is 2. The van der Waals surface area contributed by atoms with Crippen molar-refractivity contribution in [1.29, 1.82) is 5.26 Å². The van der Waals surface area contributed by atoms with Gasteiger partial charge in [0.2, 0.25) is 0 Å². The Balaban J connectivity index is 1.92.